The van der Waals surface area contributed by atoms with Gasteiger partial charge < -0.3 is 19.9 Å². The van der Waals surface area contributed by atoms with Gasteiger partial charge in [0.15, 0.2) is 0 Å². The van der Waals surface area contributed by atoms with Gasteiger partial charge in [0.2, 0.25) is 0 Å². The van der Waals surface area contributed by atoms with Crippen molar-refractivity contribution < 1.29 is 29.0 Å². The molecule has 0 aliphatic carbocycles. The van der Waals surface area contributed by atoms with Crippen LogP contribution in [0, 0.1) is 0 Å². The lowest BCUT2D eigenvalue weighted by Crippen LogP contribution is -2.45. The van der Waals surface area contributed by atoms with E-state index in [1.165, 1.54) is 0 Å². The maximum absolute atomic E-state index is 11.3. The highest BCUT2D eigenvalue weighted by molar-refractivity contribution is 5.85. The standard InChI is InChI=1S/C10H17NO6/c1-10(2,3)17-9(15)11-6(5-7(12)13)8(14)16-4/h6H,5H2,1-4H3,(H,11,15)(H,12,13). The number of hydrogen-bond donors (Lipinski definition) is 2. The lowest BCUT2D eigenvalue weighted by molar-refractivity contribution is -0.148. The minimum Gasteiger partial charge on any atom is -0.481 e. The van der Waals surface area contributed by atoms with Crippen LogP contribution in [0.3, 0.4) is 0 Å². The minimum atomic E-state index is -1.26. The van der Waals surface area contributed by atoms with Gasteiger partial charge in [-0.25, -0.2) is 9.59 Å². The molecule has 7 heteroatoms. The Labute approximate surface area is 99.1 Å². The SMILES string of the molecule is COC(=O)C(CC(=O)O)NC(=O)OC(C)(C)C. The monoisotopic (exact) mass is 247 g/mol. The summed E-state index contributed by atoms with van der Waals surface area (Å²) >= 11 is 0. The molecule has 2 N–H and O–H groups in total. The fourth-order valence-electron chi connectivity index (χ4n) is 0.960. The van der Waals surface area contributed by atoms with Crippen molar-refractivity contribution >= 4 is 18.0 Å². The molecule has 0 saturated carbocycles. The van der Waals surface area contributed by atoms with Crippen molar-refractivity contribution in [3.05, 3.63) is 0 Å². The number of ether oxygens (including phenoxy) is 2. The van der Waals surface area contributed by atoms with Crippen molar-refractivity contribution in [3.63, 3.8) is 0 Å². The number of carboxylic acid groups (broad SMARTS) is 1. The molecule has 1 amide bonds. The van der Waals surface area contributed by atoms with E-state index >= 15 is 0 Å². The first-order chi connectivity index (χ1) is 7.65. The van der Waals surface area contributed by atoms with Crippen LogP contribution in [-0.2, 0) is 19.1 Å². The number of alkyl carbamates (subject to hydrolysis) is 1. The predicted octanol–water partition coefficient (Wildman–Crippen LogP) is 0.527. The Hall–Kier alpha value is -1.79. The lowest BCUT2D eigenvalue weighted by atomic mass is 10.2. The Balaban J connectivity index is 4.48. The zero-order chi connectivity index (χ0) is 13.6. The van der Waals surface area contributed by atoms with Crippen molar-refractivity contribution in [2.24, 2.45) is 0 Å². The van der Waals surface area contributed by atoms with E-state index in [9.17, 15) is 14.4 Å². The van der Waals surface area contributed by atoms with E-state index < -0.39 is 36.1 Å². The van der Waals surface area contributed by atoms with E-state index in [4.69, 9.17) is 9.84 Å². The van der Waals surface area contributed by atoms with Crippen LogP contribution >= 0.6 is 0 Å². The molecule has 98 valence electrons. The summed E-state index contributed by atoms with van der Waals surface area (Å²) in [6.07, 6.45) is -1.43. The largest absolute Gasteiger partial charge is 0.481 e. The van der Waals surface area contributed by atoms with Crippen LogP contribution in [-0.4, -0.2) is 41.9 Å². The van der Waals surface area contributed by atoms with Gasteiger partial charge in [-0.05, 0) is 20.8 Å². The third-order valence-corrected chi connectivity index (χ3v) is 1.56. The molecule has 0 aromatic carbocycles. The third-order valence-electron chi connectivity index (χ3n) is 1.56. The summed E-state index contributed by atoms with van der Waals surface area (Å²) in [6.45, 7) is 4.95. The van der Waals surface area contributed by atoms with Crippen molar-refractivity contribution in [1.29, 1.82) is 0 Å². The average molecular weight is 247 g/mol. The summed E-state index contributed by atoms with van der Waals surface area (Å²) in [4.78, 5) is 33.0. The molecule has 0 radical (unpaired) electrons. The van der Waals surface area contributed by atoms with Gasteiger partial charge in [-0.15, -0.1) is 0 Å². The second kappa shape index (κ2) is 6.07. The summed E-state index contributed by atoms with van der Waals surface area (Å²) in [5.74, 6) is -2.06. The summed E-state index contributed by atoms with van der Waals surface area (Å²) < 4.78 is 9.27. The van der Waals surface area contributed by atoms with Gasteiger partial charge >= 0.3 is 18.0 Å². The molecule has 1 atom stereocenters. The van der Waals surface area contributed by atoms with Gasteiger partial charge in [0.05, 0.1) is 13.5 Å². The highest BCUT2D eigenvalue weighted by atomic mass is 16.6. The molecule has 0 aromatic heterocycles. The Morgan fingerprint density at radius 1 is 1.29 bits per heavy atom. The number of amides is 1. The van der Waals surface area contributed by atoms with E-state index in [2.05, 4.69) is 10.1 Å². The molecule has 0 aliphatic heterocycles. The van der Waals surface area contributed by atoms with Crippen molar-refractivity contribution in [2.45, 2.75) is 38.8 Å². The minimum absolute atomic E-state index is 0.564. The van der Waals surface area contributed by atoms with Crippen LogP contribution in [0.5, 0.6) is 0 Å². The first-order valence-corrected chi connectivity index (χ1v) is 4.95. The number of hydrogen-bond acceptors (Lipinski definition) is 5. The number of methoxy groups -OCH3 is 1. The first-order valence-electron chi connectivity index (χ1n) is 4.95. The van der Waals surface area contributed by atoms with Gasteiger partial charge in [-0.1, -0.05) is 0 Å². The van der Waals surface area contributed by atoms with E-state index in [-0.39, 0.29) is 0 Å². The van der Waals surface area contributed by atoms with E-state index in [1.54, 1.807) is 20.8 Å². The van der Waals surface area contributed by atoms with Crippen LogP contribution in [0.4, 0.5) is 4.79 Å². The second-order valence-corrected chi connectivity index (χ2v) is 4.32. The Morgan fingerprint density at radius 3 is 2.18 bits per heavy atom. The molecule has 0 spiro atoms. The molecule has 1 unspecified atom stereocenters. The van der Waals surface area contributed by atoms with Crippen molar-refractivity contribution in [3.8, 4) is 0 Å². The number of rotatable bonds is 4. The van der Waals surface area contributed by atoms with E-state index in [0.29, 0.717) is 0 Å². The lowest BCUT2D eigenvalue weighted by Gasteiger charge is -2.21. The first kappa shape index (κ1) is 15.2. The number of nitrogens with one attached hydrogen (secondary N) is 1. The molecular formula is C10H17NO6. The summed E-state index contributed by atoms with van der Waals surface area (Å²) in [5.41, 5.74) is -0.728. The van der Waals surface area contributed by atoms with Gasteiger partial charge in [-0.3, -0.25) is 4.79 Å². The Morgan fingerprint density at radius 2 is 1.82 bits per heavy atom. The number of carbonyl (C=O) groups excluding carboxylic acids is 2. The smallest absolute Gasteiger partial charge is 0.408 e. The molecule has 7 nitrogen and oxygen atoms in total. The maximum atomic E-state index is 11.3. The van der Waals surface area contributed by atoms with Crippen LogP contribution < -0.4 is 5.32 Å². The number of carbonyl (C=O) groups is 3. The Bertz CT molecular complexity index is 306. The number of carboxylic acids is 1. The molecule has 17 heavy (non-hydrogen) atoms. The van der Waals surface area contributed by atoms with E-state index in [1.807, 2.05) is 0 Å². The van der Waals surface area contributed by atoms with E-state index in [0.717, 1.165) is 7.11 Å². The van der Waals surface area contributed by atoms with Gasteiger partial charge in [0.25, 0.3) is 0 Å². The van der Waals surface area contributed by atoms with Crippen LogP contribution in [0.25, 0.3) is 0 Å². The second-order valence-electron chi connectivity index (χ2n) is 4.32. The molecule has 0 saturated heterocycles. The van der Waals surface area contributed by atoms with Crippen molar-refractivity contribution in [1.82, 2.24) is 5.32 Å². The molecule has 0 aliphatic rings. The molecule has 0 bridgehead atoms. The van der Waals surface area contributed by atoms with Gasteiger partial charge in [0, 0.05) is 0 Å². The van der Waals surface area contributed by atoms with Gasteiger partial charge in [-0.2, -0.15) is 0 Å². The molecule has 0 rings (SSSR count). The average Bonchev–Trinajstić information content (AvgIpc) is 2.11. The summed E-state index contributed by atoms with van der Waals surface area (Å²) in [6, 6.07) is -1.26. The fraction of sp³-hybridized carbons (Fsp3) is 0.700. The van der Waals surface area contributed by atoms with Crippen molar-refractivity contribution in [2.75, 3.05) is 7.11 Å². The van der Waals surface area contributed by atoms with Gasteiger partial charge in [0.1, 0.15) is 11.6 Å². The Kier molecular flexibility index (Phi) is 5.43. The molecule has 0 aromatic rings. The summed E-state index contributed by atoms with van der Waals surface area (Å²) in [7, 11) is 1.11. The third kappa shape index (κ3) is 7.15. The fourth-order valence-corrected chi connectivity index (χ4v) is 0.960. The van der Waals surface area contributed by atoms with Crippen LogP contribution in [0.2, 0.25) is 0 Å². The summed E-state index contributed by atoms with van der Waals surface area (Å²) in [5, 5.41) is 10.7. The molecule has 0 heterocycles. The molecular weight excluding hydrogens is 230 g/mol. The highest BCUT2D eigenvalue weighted by Crippen LogP contribution is 2.07. The number of esters is 1. The highest BCUT2D eigenvalue weighted by Gasteiger charge is 2.26. The zero-order valence-corrected chi connectivity index (χ0v) is 10.3. The zero-order valence-electron chi connectivity index (χ0n) is 10.3. The van der Waals surface area contributed by atoms with Crippen LogP contribution in [0.15, 0.2) is 0 Å². The number of aliphatic carboxylic acids is 1. The maximum Gasteiger partial charge on any atom is 0.408 e. The predicted molar refractivity (Wildman–Crippen MR) is 57.4 cm³/mol. The quantitative estimate of drug-likeness (QED) is 0.702. The normalized spacial score (nSPS) is 12.5. The molecule has 0 fully saturated rings. The van der Waals surface area contributed by atoms with Crippen LogP contribution in [0.1, 0.15) is 27.2 Å². The topological polar surface area (TPSA) is 102 Å².